The fraction of sp³-hybridized carbons (Fsp3) is 0.259. The first kappa shape index (κ1) is 22.0. The molecule has 3 atom stereocenters. The fourth-order valence-electron chi connectivity index (χ4n) is 4.51. The van der Waals surface area contributed by atoms with Gasteiger partial charge in [0, 0.05) is 17.5 Å². The molecule has 0 aromatic heterocycles. The number of fused-ring (bicyclic) bond motifs is 1. The van der Waals surface area contributed by atoms with Gasteiger partial charge in [0.2, 0.25) is 0 Å². The Balaban J connectivity index is 1.16. The van der Waals surface area contributed by atoms with Gasteiger partial charge in [0.15, 0.2) is 0 Å². The minimum Gasteiger partial charge on any atom is -0.445 e. The van der Waals surface area contributed by atoms with E-state index in [2.05, 4.69) is 22.8 Å². The molecule has 2 aliphatic carbocycles. The van der Waals surface area contributed by atoms with E-state index in [4.69, 9.17) is 16.2 Å². The molecule has 0 saturated heterocycles. The topological polar surface area (TPSA) is 119 Å². The molecule has 1 fully saturated rings. The van der Waals surface area contributed by atoms with E-state index in [1.165, 1.54) is 5.56 Å². The van der Waals surface area contributed by atoms with E-state index in [9.17, 15) is 9.59 Å². The van der Waals surface area contributed by atoms with Crippen LogP contribution in [0.1, 0.15) is 57.4 Å². The monoisotopic (exact) mass is 456 g/mol. The molecule has 174 valence electrons. The first-order valence-electron chi connectivity index (χ1n) is 11.5. The summed E-state index contributed by atoms with van der Waals surface area (Å²) in [6.45, 7) is 0.212. The Hall–Kier alpha value is -3.84. The van der Waals surface area contributed by atoms with Crippen molar-refractivity contribution >= 4 is 23.4 Å². The van der Waals surface area contributed by atoms with Crippen molar-refractivity contribution in [2.75, 3.05) is 11.1 Å². The minimum atomic E-state index is -0.451. The molecule has 2 aliphatic rings. The number of hydrogen-bond donors (Lipinski definition) is 4. The second-order valence-electron chi connectivity index (χ2n) is 9.01. The molecule has 1 saturated carbocycles. The molecule has 7 nitrogen and oxygen atoms in total. The largest absolute Gasteiger partial charge is 0.445 e. The number of nitrogens with one attached hydrogen (secondary N) is 2. The van der Waals surface area contributed by atoms with Crippen LogP contribution in [0.25, 0.3) is 0 Å². The van der Waals surface area contributed by atoms with Crippen molar-refractivity contribution in [1.82, 2.24) is 5.32 Å². The van der Waals surface area contributed by atoms with E-state index in [0.29, 0.717) is 22.9 Å². The second-order valence-corrected chi connectivity index (χ2v) is 9.01. The van der Waals surface area contributed by atoms with Crippen molar-refractivity contribution in [3.05, 3.63) is 94.5 Å². The summed E-state index contributed by atoms with van der Waals surface area (Å²) < 4.78 is 5.43. The van der Waals surface area contributed by atoms with Crippen LogP contribution in [0, 0.1) is 0 Å². The standard InChI is InChI=1S/C27H28N4O3/c28-22-3-1-2-4-25(22)30-26(32)19-9-11-20-18(13-19)10-12-24(20)31-27(33)34-15-16-5-7-17(8-6-16)21-14-23(21)29/h1-9,11,13,21,23-24H,10,12,14-15,28-29H2,(H,30,32)(H,31,33). The van der Waals surface area contributed by atoms with Crippen molar-refractivity contribution < 1.29 is 14.3 Å². The Kier molecular flexibility index (Phi) is 5.94. The van der Waals surface area contributed by atoms with Crippen molar-refractivity contribution in [2.24, 2.45) is 5.73 Å². The number of benzene rings is 3. The second kappa shape index (κ2) is 9.19. The summed E-state index contributed by atoms with van der Waals surface area (Å²) in [6, 6.07) is 20.9. The van der Waals surface area contributed by atoms with Gasteiger partial charge in [-0.15, -0.1) is 0 Å². The molecule has 5 rings (SSSR count). The normalized spacial score (nSPS) is 20.3. The molecule has 0 heterocycles. The van der Waals surface area contributed by atoms with Gasteiger partial charge in [-0.1, -0.05) is 42.5 Å². The lowest BCUT2D eigenvalue weighted by Gasteiger charge is -2.15. The van der Waals surface area contributed by atoms with Gasteiger partial charge in [-0.3, -0.25) is 4.79 Å². The highest BCUT2D eigenvalue weighted by Crippen LogP contribution is 2.38. The Morgan fingerprint density at radius 1 is 1.03 bits per heavy atom. The Bertz CT molecular complexity index is 1220. The summed E-state index contributed by atoms with van der Waals surface area (Å²) >= 11 is 0. The van der Waals surface area contributed by atoms with Crippen LogP contribution in [-0.2, 0) is 17.8 Å². The van der Waals surface area contributed by atoms with Crippen molar-refractivity contribution in [2.45, 2.75) is 43.9 Å². The van der Waals surface area contributed by atoms with Crippen molar-refractivity contribution in [3.8, 4) is 0 Å². The van der Waals surface area contributed by atoms with Crippen LogP contribution in [0.5, 0.6) is 0 Å². The molecular weight excluding hydrogens is 428 g/mol. The quantitative estimate of drug-likeness (QED) is 0.414. The number of ether oxygens (including phenoxy) is 1. The third kappa shape index (κ3) is 4.75. The number of hydrogen-bond acceptors (Lipinski definition) is 5. The van der Waals surface area contributed by atoms with Gasteiger partial charge < -0.3 is 26.8 Å². The third-order valence-electron chi connectivity index (χ3n) is 6.60. The number of aryl methyl sites for hydroxylation is 1. The zero-order valence-corrected chi connectivity index (χ0v) is 18.8. The Morgan fingerprint density at radius 3 is 2.53 bits per heavy atom. The van der Waals surface area contributed by atoms with Crippen LogP contribution < -0.4 is 22.1 Å². The van der Waals surface area contributed by atoms with E-state index in [0.717, 1.165) is 36.0 Å². The summed E-state index contributed by atoms with van der Waals surface area (Å²) in [5, 5.41) is 5.80. The van der Waals surface area contributed by atoms with Crippen molar-refractivity contribution in [1.29, 1.82) is 0 Å². The zero-order chi connectivity index (χ0) is 23.7. The molecule has 6 N–H and O–H groups in total. The first-order chi connectivity index (χ1) is 16.5. The number of para-hydroxylation sites is 2. The lowest BCUT2D eigenvalue weighted by Crippen LogP contribution is -2.27. The van der Waals surface area contributed by atoms with Gasteiger partial charge in [0.05, 0.1) is 17.4 Å². The SMILES string of the molecule is Nc1ccccc1NC(=O)c1ccc2c(c1)CCC2NC(=O)OCc1ccc(C2CC2N)cc1. The molecule has 2 amide bonds. The van der Waals surface area contributed by atoms with Crippen LogP contribution in [0.2, 0.25) is 0 Å². The van der Waals surface area contributed by atoms with Gasteiger partial charge in [0.1, 0.15) is 6.61 Å². The van der Waals surface area contributed by atoms with Gasteiger partial charge in [-0.2, -0.15) is 0 Å². The first-order valence-corrected chi connectivity index (χ1v) is 11.5. The average molecular weight is 457 g/mol. The molecule has 0 aliphatic heterocycles. The highest BCUT2D eigenvalue weighted by atomic mass is 16.5. The predicted molar refractivity (Wildman–Crippen MR) is 131 cm³/mol. The van der Waals surface area contributed by atoms with Gasteiger partial charge in [-0.05, 0) is 65.8 Å². The van der Waals surface area contributed by atoms with E-state index < -0.39 is 6.09 Å². The Morgan fingerprint density at radius 2 is 1.79 bits per heavy atom. The number of anilines is 2. The van der Waals surface area contributed by atoms with E-state index in [1.807, 2.05) is 36.4 Å². The average Bonchev–Trinajstić information content (AvgIpc) is 3.45. The highest BCUT2D eigenvalue weighted by molar-refractivity contribution is 6.05. The number of amides is 2. The molecule has 0 radical (unpaired) electrons. The number of carbonyl (C=O) groups excluding carboxylic acids is 2. The number of carbonyl (C=O) groups is 2. The summed E-state index contributed by atoms with van der Waals surface area (Å²) in [5.74, 6) is 0.245. The van der Waals surface area contributed by atoms with Gasteiger partial charge in [0.25, 0.3) is 5.91 Å². The number of alkyl carbamates (subject to hydrolysis) is 1. The maximum Gasteiger partial charge on any atom is 0.407 e. The smallest absolute Gasteiger partial charge is 0.407 e. The summed E-state index contributed by atoms with van der Waals surface area (Å²) in [6.07, 6.45) is 2.12. The molecule has 3 aromatic rings. The number of nitrogen functional groups attached to an aromatic ring is 1. The molecule has 3 unspecified atom stereocenters. The lowest BCUT2D eigenvalue weighted by atomic mass is 10.0. The molecule has 34 heavy (non-hydrogen) atoms. The number of rotatable bonds is 6. The minimum absolute atomic E-state index is 0.136. The van der Waals surface area contributed by atoms with Crippen LogP contribution in [0.4, 0.5) is 16.2 Å². The molecule has 0 bridgehead atoms. The summed E-state index contributed by atoms with van der Waals surface area (Å²) in [7, 11) is 0. The molecule has 7 heteroatoms. The Labute approximate surface area is 198 Å². The van der Waals surface area contributed by atoms with Crippen LogP contribution >= 0.6 is 0 Å². The fourth-order valence-corrected chi connectivity index (χ4v) is 4.51. The zero-order valence-electron chi connectivity index (χ0n) is 18.8. The van der Waals surface area contributed by atoms with Crippen LogP contribution in [-0.4, -0.2) is 18.0 Å². The van der Waals surface area contributed by atoms with Gasteiger partial charge >= 0.3 is 6.09 Å². The van der Waals surface area contributed by atoms with Crippen LogP contribution in [0.15, 0.2) is 66.7 Å². The maximum atomic E-state index is 12.7. The summed E-state index contributed by atoms with van der Waals surface area (Å²) in [4.78, 5) is 25.1. The molecule has 0 spiro atoms. The van der Waals surface area contributed by atoms with Crippen molar-refractivity contribution in [3.63, 3.8) is 0 Å². The molecule has 3 aromatic carbocycles. The van der Waals surface area contributed by atoms with E-state index >= 15 is 0 Å². The highest BCUT2D eigenvalue weighted by Gasteiger charge is 2.34. The van der Waals surface area contributed by atoms with Gasteiger partial charge in [-0.25, -0.2) is 4.79 Å². The predicted octanol–water partition coefficient (Wildman–Crippen LogP) is 4.25. The summed E-state index contributed by atoms with van der Waals surface area (Å²) in [5.41, 5.74) is 17.7. The third-order valence-corrected chi connectivity index (χ3v) is 6.60. The number of nitrogens with two attached hydrogens (primary N) is 2. The molecular formula is C27H28N4O3. The van der Waals surface area contributed by atoms with E-state index in [-0.39, 0.29) is 24.6 Å². The van der Waals surface area contributed by atoms with E-state index in [1.54, 1.807) is 18.2 Å². The lowest BCUT2D eigenvalue weighted by molar-refractivity contribution is 0.102. The van der Waals surface area contributed by atoms with Crippen LogP contribution in [0.3, 0.4) is 0 Å². The maximum absolute atomic E-state index is 12.7.